The lowest BCUT2D eigenvalue weighted by atomic mass is 10.1. The molecule has 4 aromatic rings. The second kappa shape index (κ2) is 9.10. The molecule has 0 radical (unpaired) electrons. The van der Waals surface area contributed by atoms with Gasteiger partial charge in [-0.1, -0.05) is 17.7 Å². The van der Waals surface area contributed by atoms with Crippen LogP contribution >= 0.6 is 22.9 Å². The molecule has 2 aromatic heterocycles. The Hall–Kier alpha value is -3.23. The van der Waals surface area contributed by atoms with Gasteiger partial charge in [0.2, 0.25) is 0 Å². The Morgan fingerprint density at radius 1 is 1.19 bits per heavy atom. The molecule has 0 unspecified atom stereocenters. The average Bonchev–Trinajstić information content (AvgIpc) is 3.45. The van der Waals surface area contributed by atoms with Crippen LogP contribution in [0, 0.1) is 0 Å². The van der Waals surface area contributed by atoms with Crippen molar-refractivity contribution in [3.05, 3.63) is 69.9 Å². The highest BCUT2D eigenvalue weighted by molar-refractivity contribution is 7.09. The SMILES string of the molecule is C[C@H]1COC(Cc2ccc3ncnc(Nc4ccc(OCc5nccs5)c(Cl)c4)c3c2)=N1. The van der Waals surface area contributed by atoms with Gasteiger partial charge in [0.1, 0.15) is 36.1 Å². The van der Waals surface area contributed by atoms with Gasteiger partial charge in [-0.25, -0.2) is 19.9 Å². The molecular weight excluding hydrogens is 446 g/mol. The van der Waals surface area contributed by atoms with Gasteiger partial charge in [0.05, 0.1) is 16.6 Å². The normalized spacial score (nSPS) is 15.4. The summed E-state index contributed by atoms with van der Waals surface area (Å²) in [7, 11) is 0. The van der Waals surface area contributed by atoms with Gasteiger partial charge >= 0.3 is 0 Å². The molecule has 0 fully saturated rings. The molecule has 9 heteroatoms. The summed E-state index contributed by atoms with van der Waals surface area (Å²) in [6, 6.07) is 11.9. The molecule has 0 amide bonds. The van der Waals surface area contributed by atoms with Crippen LogP contribution in [-0.4, -0.2) is 33.5 Å². The van der Waals surface area contributed by atoms with E-state index >= 15 is 0 Å². The maximum absolute atomic E-state index is 6.44. The van der Waals surface area contributed by atoms with Crippen LogP contribution < -0.4 is 10.1 Å². The molecule has 1 aliphatic rings. The predicted molar refractivity (Wildman–Crippen MR) is 127 cm³/mol. The van der Waals surface area contributed by atoms with Crippen LogP contribution in [0.3, 0.4) is 0 Å². The molecule has 162 valence electrons. The van der Waals surface area contributed by atoms with E-state index in [1.54, 1.807) is 23.9 Å². The van der Waals surface area contributed by atoms with Crippen molar-refractivity contribution in [2.24, 2.45) is 4.99 Å². The number of aliphatic imine (C=N–C) groups is 1. The van der Waals surface area contributed by atoms with Gasteiger partial charge in [-0.3, -0.25) is 0 Å². The first-order chi connectivity index (χ1) is 15.6. The average molecular weight is 466 g/mol. The number of fused-ring (bicyclic) bond motifs is 1. The third kappa shape index (κ3) is 4.66. The summed E-state index contributed by atoms with van der Waals surface area (Å²) >= 11 is 7.99. The second-order valence-corrected chi connectivity index (χ2v) is 8.80. The van der Waals surface area contributed by atoms with Crippen molar-refractivity contribution in [3.63, 3.8) is 0 Å². The molecular formula is C23H20ClN5O2S. The molecule has 0 saturated carbocycles. The van der Waals surface area contributed by atoms with Crippen molar-refractivity contribution in [2.45, 2.75) is 26.0 Å². The van der Waals surface area contributed by atoms with Crippen molar-refractivity contribution >= 4 is 51.2 Å². The number of ether oxygens (including phenoxy) is 2. The van der Waals surface area contributed by atoms with Crippen molar-refractivity contribution in [3.8, 4) is 5.75 Å². The first-order valence-electron chi connectivity index (χ1n) is 10.1. The maximum atomic E-state index is 6.44. The van der Waals surface area contributed by atoms with E-state index in [2.05, 4.69) is 31.3 Å². The highest BCUT2D eigenvalue weighted by atomic mass is 35.5. The van der Waals surface area contributed by atoms with Crippen LogP contribution in [0.2, 0.25) is 5.02 Å². The summed E-state index contributed by atoms with van der Waals surface area (Å²) in [6.07, 6.45) is 3.94. The monoisotopic (exact) mass is 465 g/mol. The number of nitrogens with one attached hydrogen (secondary N) is 1. The Bertz CT molecular complexity index is 1280. The number of halogens is 1. The van der Waals surface area contributed by atoms with Gasteiger partial charge in [0.25, 0.3) is 0 Å². The fraction of sp³-hybridized carbons (Fsp3) is 0.217. The molecule has 0 spiro atoms. The zero-order chi connectivity index (χ0) is 21.9. The summed E-state index contributed by atoms with van der Waals surface area (Å²) in [5.74, 6) is 2.07. The molecule has 0 saturated heterocycles. The van der Waals surface area contributed by atoms with E-state index in [1.807, 2.05) is 42.6 Å². The van der Waals surface area contributed by atoms with Gasteiger partial charge in [-0.15, -0.1) is 11.3 Å². The van der Waals surface area contributed by atoms with Crippen LogP contribution in [0.15, 0.2) is 59.3 Å². The number of anilines is 2. The molecule has 32 heavy (non-hydrogen) atoms. The van der Waals surface area contributed by atoms with E-state index in [1.165, 1.54) is 0 Å². The van der Waals surface area contributed by atoms with E-state index in [9.17, 15) is 0 Å². The first kappa shape index (κ1) is 20.7. The topological polar surface area (TPSA) is 81.5 Å². The van der Waals surface area contributed by atoms with Gasteiger partial charge in [-0.05, 0) is 42.8 Å². The van der Waals surface area contributed by atoms with Crippen LogP contribution in [0.4, 0.5) is 11.5 Å². The Labute approximate surface area is 194 Å². The highest BCUT2D eigenvalue weighted by Gasteiger charge is 2.15. The maximum Gasteiger partial charge on any atom is 0.188 e. The number of aromatic nitrogens is 3. The van der Waals surface area contributed by atoms with E-state index in [0.717, 1.165) is 33.1 Å². The second-order valence-electron chi connectivity index (χ2n) is 7.42. The lowest BCUT2D eigenvalue weighted by Crippen LogP contribution is -2.04. The molecule has 1 N–H and O–H groups in total. The quantitative estimate of drug-likeness (QED) is 0.392. The lowest BCUT2D eigenvalue weighted by molar-refractivity contribution is 0.306. The lowest BCUT2D eigenvalue weighted by Gasteiger charge is -2.12. The smallest absolute Gasteiger partial charge is 0.188 e. The molecule has 5 rings (SSSR count). The van der Waals surface area contributed by atoms with E-state index in [-0.39, 0.29) is 6.04 Å². The summed E-state index contributed by atoms with van der Waals surface area (Å²) in [4.78, 5) is 17.6. The summed E-state index contributed by atoms with van der Waals surface area (Å²) in [5.41, 5.74) is 2.75. The van der Waals surface area contributed by atoms with Crippen LogP contribution in [0.1, 0.15) is 17.5 Å². The minimum atomic E-state index is 0.212. The Kier molecular flexibility index (Phi) is 5.87. The molecule has 0 bridgehead atoms. The van der Waals surface area contributed by atoms with Gasteiger partial charge < -0.3 is 14.8 Å². The number of rotatable bonds is 7. The molecule has 2 aromatic carbocycles. The number of nitrogens with zero attached hydrogens (tertiary/aromatic N) is 4. The van der Waals surface area contributed by atoms with E-state index in [4.69, 9.17) is 21.1 Å². The van der Waals surface area contributed by atoms with E-state index in [0.29, 0.717) is 36.2 Å². The van der Waals surface area contributed by atoms with Crippen LogP contribution in [0.5, 0.6) is 5.75 Å². The number of benzene rings is 2. The minimum Gasteiger partial charge on any atom is -0.485 e. The van der Waals surface area contributed by atoms with Crippen LogP contribution in [-0.2, 0) is 17.8 Å². The van der Waals surface area contributed by atoms with Crippen molar-refractivity contribution in [1.82, 2.24) is 15.0 Å². The largest absolute Gasteiger partial charge is 0.485 e. The Balaban J connectivity index is 1.35. The minimum absolute atomic E-state index is 0.212. The summed E-state index contributed by atoms with van der Waals surface area (Å²) in [5, 5.41) is 7.59. The van der Waals surface area contributed by atoms with E-state index < -0.39 is 0 Å². The molecule has 3 heterocycles. The van der Waals surface area contributed by atoms with Gasteiger partial charge in [-0.2, -0.15) is 0 Å². The Morgan fingerprint density at radius 2 is 2.12 bits per heavy atom. The third-order valence-electron chi connectivity index (χ3n) is 4.94. The first-order valence-corrected chi connectivity index (χ1v) is 11.4. The fourth-order valence-electron chi connectivity index (χ4n) is 3.42. The number of thiazole rings is 1. The number of hydrogen-bond donors (Lipinski definition) is 1. The van der Waals surface area contributed by atoms with Crippen LogP contribution in [0.25, 0.3) is 10.9 Å². The summed E-state index contributed by atoms with van der Waals surface area (Å²) in [6.45, 7) is 3.07. The molecule has 1 atom stereocenters. The Morgan fingerprint density at radius 3 is 2.91 bits per heavy atom. The van der Waals surface area contributed by atoms with Crippen molar-refractivity contribution in [2.75, 3.05) is 11.9 Å². The zero-order valence-electron chi connectivity index (χ0n) is 17.3. The third-order valence-corrected chi connectivity index (χ3v) is 5.99. The summed E-state index contributed by atoms with van der Waals surface area (Å²) < 4.78 is 11.4. The number of hydrogen-bond acceptors (Lipinski definition) is 8. The van der Waals surface area contributed by atoms with Crippen molar-refractivity contribution in [1.29, 1.82) is 0 Å². The predicted octanol–water partition coefficient (Wildman–Crippen LogP) is 5.42. The molecule has 1 aliphatic heterocycles. The molecule has 0 aliphatic carbocycles. The standard InChI is InChI=1S/C23H20ClN5O2S/c1-14-11-31-21(28-14)9-15-2-4-19-17(8-15)23(27-13-26-19)29-16-3-5-20(18(24)10-16)30-12-22-25-6-7-32-22/h2-8,10,13-14H,9,11-12H2,1H3,(H,26,27,29)/t14-/m0/s1. The zero-order valence-corrected chi connectivity index (χ0v) is 18.9. The van der Waals surface area contributed by atoms with Crippen molar-refractivity contribution < 1.29 is 9.47 Å². The van der Waals surface area contributed by atoms with Gasteiger partial charge in [0.15, 0.2) is 5.90 Å². The van der Waals surface area contributed by atoms with Gasteiger partial charge in [0, 0.05) is 29.1 Å². The highest BCUT2D eigenvalue weighted by Crippen LogP contribution is 2.31. The molecule has 7 nitrogen and oxygen atoms in total. The fourth-order valence-corrected chi connectivity index (χ4v) is 4.18.